The van der Waals surface area contributed by atoms with E-state index in [0.29, 0.717) is 13.1 Å². The van der Waals surface area contributed by atoms with Crippen LogP contribution < -0.4 is 5.32 Å². The highest BCUT2D eigenvalue weighted by molar-refractivity contribution is 5.88. The number of para-hydroxylation sites is 1. The molecule has 26 heavy (non-hydrogen) atoms. The van der Waals surface area contributed by atoms with Gasteiger partial charge in [-0.05, 0) is 37.5 Å². The Kier molecular flexibility index (Phi) is 4.20. The van der Waals surface area contributed by atoms with E-state index in [2.05, 4.69) is 38.9 Å². The molecule has 1 aliphatic rings. The zero-order chi connectivity index (χ0) is 18.1. The molecule has 1 aromatic carbocycles. The van der Waals surface area contributed by atoms with Crippen LogP contribution in [0.25, 0.3) is 16.7 Å². The van der Waals surface area contributed by atoms with Crippen LogP contribution in [0.15, 0.2) is 42.9 Å². The minimum atomic E-state index is -0.866. The number of likely N-dealkylation sites (tertiary alicyclic amines) is 1. The number of piperidine rings is 1. The van der Waals surface area contributed by atoms with Gasteiger partial charge in [-0.25, -0.2) is 14.8 Å². The smallest absolute Gasteiger partial charge is 0.407 e. The predicted octanol–water partition coefficient (Wildman–Crippen LogP) is 3.28. The van der Waals surface area contributed by atoms with E-state index in [0.717, 1.165) is 35.4 Å². The van der Waals surface area contributed by atoms with Crippen LogP contribution in [0.3, 0.4) is 0 Å². The fourth-order valence-corrected chi connectivity index (χ4v) is 3.56. The van der Waals surface area contributed by atoms with Gasteiger partial charge in [0.05, 0.1) is 5.39 Å². The Morgan fingerprint density at radius 2 is 2.12 bits per heavy atom. The van der Waals surface area contributed by atoms with E-state index in [1.807, 2.05) is 24.4 Å². The Morgan fingerprint density at radius 3 is 2.92 bits per heavy atom. The molecular weight excluding hydrogens is 330 g/mol. The van der Waals surface area contributed by atoms with Crippen molar-refractivity contribution in [3.63, 3.8) is 0 Å². The number of nitrogens with one attached hydrogen (secondary N) is 1. The highest BCUT2D eigenvalue weighted by atomic mass is 16.4. The molecule has 0 bridgehead atoms. The third kappa shape index (κ3) is 2.96. The summed E-state index contributed by atoms with van der Waals surface area (Å²) in [6.07, 6.45) is 4.46. The molecule has 3 heterocycles. The number of amides is 1. The summed E-state index contributed by atoms with van der Waals surface area (Å²) in [6, 6.07) is 10.2. The van der Waals surface area contributed by atoms with E-state index in [1.54, 1.807) is 6.33 Å². The number of rotatable bonds is 3. The van der Waals surface area contributed by atoms with Gasteiger partial charge in [0.25, 0.3) is 0 Å². The van der Waals surface area contributed by atoms with Crippen molar-refractivity contribution in [1.29, 1.82) is 0 Å². The van der Waals surface area contributed by atoms with Crippen molar-refractivity contribution in [2.24, 2.45) is 0 Å². The lowest BCUT2D eigenvalue weighted by Crippen LogP contribution is -2.44. The zero-order valence-corrected chi connectivity index (χ0v) is 14.6. The highest BCUT2D eigenvalue weighted by Crippen LogP contribution is 2.26. The number of hydrogen-bond acceptors (Lipinski definition) is 4. The van der Waals surface area contributed by atoms with E-state index in [4.69, 9.17) is 0 Å². The lowest BCUT2D eigenvalue weighted by molar-refractivity contribution is 0.133. The van der Waals surface area contributed by atoms with Crippen LogP contribution in [0, 0.1) is 6.92 Å². The third-order valence-corrected chi connectivity index (χ3v) is 4.89. The van der Waals surface area contributed by atoms with Gasteiger partial charge in [-0.15, -0.1) is 0 Å². The van der Waals surface area contributed by atoms with Crippen LogP contribution >= 0.6 is 0 Å². The van der Waals surface area contributed by atoms with Gasteiger partial charge in [0.2, 0.25) is 0 Å². The molecule has 0 saturated carbocycles. The summed E-state index contributed by atoms with van der Waals surface area (Å²) in [5.74, 6) is 0.750. The van der Waals surface area contributed by atoms with Gasteiger partial charge < -0.3 is 19.9 Å². The molecule has 0 unspecified atom stereocenters. The number of nitrogens with zero attached hydrogens (tertiary/aromatic N) is 4. The van der Waals surface area contributed by atoms with E-state index >= 15 is 0 Å². The average Bonchev–Trinajstić information content (AvgIpc) is 3.07. The minimum absolute atomic E-state index is 0.0553. The van der Waals surface area contributed by atoms with Gasteiger partial charge in [0.1, 0.15) is 17.8 Å². The number of carbonyl (C=O) groups is 1. The van der Waals surface area contributed by atoms with Gasteiger partial charge in [-0.2, -0.15) is 0 Å². The number of carboxylic acid groups (broad SMARTS) is 1. The summed E-state index contributed by atoms with van der Waals surface area (Å²) in [5.41, 5.74) is 3.09. The van der Waals surface area contributed by atoms with Crippen LogP contribution in [0.1, 0.15) is 18.4 Å². The maximum Gasteiger partial charge on any atom is 0.407 e. The molecule has 0 spiro atoms. The molecule has 0 aliphatic carbocycles. The zero-order valence-electron chi connectivity index (χ0n) is 14.6. The van der Waals surface area contributed by atoms with Gasteiger partial charge in [0.15, 0.2) is 0 Å². The second-order valence-electron chi connectivity index (χ2n) is 6.64. The second-order valence-corrected chi connectivity index (χ2v) is 6.64. The number of hydrogen-bond donors (Lipinski definition) is 2. The first-order chi connectivity index (χ1) is 12.6. The predicted molar refractivity (Wildman–Crippen MR) is 99.8 cm³/mol. The molecule has 1 aliphatic heterocycles. The number of anilines is 1. The summed E-state index contributed by atoms with van der Waals surface area (Å²) < 4.78 is 2.06. The Bertz CT molecular complexity index is 952. The molecule has 1 saturated heterocycles. The first-order valence-corrected chi connectivity index (χ1v) is 8.76. The van der Waals surface area contributed by atoms with E-state index < -0.39 is 6.09 Å². The monoisotopic (exact) mass is 351 g/mol. The van der Waals surface area contributed by atoms with Crippen molar-refractivity contribution in [2.45, 2.75) is 25.8 Å². The molecule has 3 aromatic rings. The first kappa shape index (κ1) is 16.4. The van der Waals surface area contributed by atoms with Crippen molar-refractivity contribution < 1.29 is 9.90 Å². The van der Waals surface area contributed by atoms with Crippen molar-refractivity contribution >= 4 is 22.9 Å². The van der Waals surface area contributed by atoms with Crippen molar-refractivity contribution in [3.8, 4) is 5.69 Å². The summed E-state index contributed by atoms with van der Waals surface area (Å²) in [6.45, 7) is 3.14. The summed E-state index contributed by atoms with van der Waals surface area (Å²) in [5, 5.41) is 13.6. The molecule has 1 amide bonds. The van der Waals surface area contributed by atoms with Gasteiger partial charge >= 0.3 is 6.09 Å². The molecule has 1 atom stereocenters. The van der Waals surface area contributed by atoms with Gasteiger partial charge in [0, 0.05) is 31.0 Å². The fraction of sp³-hybridized carbons (Fsp3) is 0.316. The number of benzene rings is 1. The lowest BCUT2D eigenvalue weighted by atomic mass is 10.1. The summed E-state index contributed by atoms with van der Waals surface area (Å²) in [4.78, 5) is 21.5. The summed E-state index contributed by atoms with van der Waals surface area (Å²) in [7, 11) is 0. The number of aromatic nitrogens is 3. The van der Waals surface area contributed by atoms with Crippen LogP contribution in [0.4, 0.5) is 10.6 Å². The first-order valence-electron chi connectivity index (χ1n) is 8.76. The van der Waals surface area contributed by atoms with E-state index in [1.165, 1.54) is 10.5 Å². The number of aryl methyl sites for hydroxylation is 1. The Labute approximate surface area is 151 Å². The Hall–Kier alpha value is -3.09. The lowest BCUT2D eigenvalue weighted by Gasteiger charge is -2.31. The van der Waals surface area contributed by atoms with Crippen molar-refractivity contribution in [3.05, 3.63) is 48.4 Å². The molecule has 7 nitrogen and oxygen atoms in total. The average molecular weight is 351 g/mol. The van der Waals surface area contributed by atoms with Gasteiger partial charge in [-0.3, -0.25) is 0 Å². The minimum Gasteiger partial charge on any atom is -0.465 e. The van der Waals surface area contributed by atoms with Crippen molar-refractivity contribution in [2.75, 3.05) is 18.4 Å². The quantitative estimate of drug-likeness (QED) is 0.756. The maximum atomic E-state index is 11.2. The molecule has 1 fully saturated rings. The van der Waals surface area contributed by atoms with Crippen LogP contribution in [0.2, 0.25) is 0 Å². The maximum absolute atomic E-state index is 11.2. The van der Waals surface area contributed by atoms with E-state index in [9.17, 15) is 9.90 Å². The molecule has 4 rings (SSSR count). The molecule has 2 N–H and O–H groups in total. The van der Waals surface area contributed by atoms with Gasteiger partial charge in [-0.1, -0.05) is 18.2 Å². The van der Waals surface area contributed by atoms with Crippen LogP contribution in [-0.4, -0.2) is 49.8 Å². The molecule has 2 aromatic heterocycles. The highest BCUT2D eigenvalue weighted by Gasteiger charge is 2.24. The summed E-state index contributed by atoms with van der Waals surface area (Å²) >= 11 is 0. The molecular formula is C19H21N5O2. The topological polar surface area (TPSA) is 83.3 Å². The Morgan fingerprint density at radius 1 is 1.27 bits per heavy atom. The number of fused-ring (bicyclic) bond motifs is 1. The molecule has 134 valence electrons. The van der Waals surface area contributed by atoms with Crippen LogP contribution in [-0.2, 0) is 0 Å². The standard InChI is InChI=1S/C19H21N5O2/c1-13-5-2-3-7-16(13)24-10-8-15-17(20-12-21-18(15)24)22-14-6-4-9-23(11-14)19(25)26/h2-3,5,7-8,10,12,14H,4,6,9,11H2,1H3,(H,25,26)(H,20,21,22)/t14-/m1/s1. The second kappa shape index (κ2) is 6.67. The normalized spacial score (nSPS) is 17.4. The molecule has 7 heteroatoms. The van der Waals surface area contributed by atoms with Crippen molar-refractivity contribution in [1.82, 2.24) is 19.4 Å². The molecule has 0 radical (unpaired) electrons. The Balaban J connectivity index is 1.65. The van der Waals surface area contributed by atoms with E-state index in [-0.39, 0.29) is 6.04 Å². The fourth-order valence-electron chi connectivity index (χ4n) is 3.56. The largest absolute Gasteiger partial charge is 0.465 e. The SMILES string of the molecule is Cc1ccccc1-n1ccc2c(N[C@@H]3CCCN(C(=O)O)C3)ncnc21. The van der Waals surface area contributed by atoms with Crippen LogP contribution in [0.5, 0.6) is 0 Å². The third-order valence-electron chi connectivity index (χ3n) is 4.89.